The molecule has 6 heteroatoms. The Morgan fingerprint density at radius 3 is 2.13 bits per heavy atom. The highest BCUT2D eigenvalue weighted by molar-refractivity contribution is 7.97. The minimum absolute atomic E-state index is 0.0892. The van der Waals surface area contributed by atoms with Crippen molar-refractivity contribution in [2.45, 2.75) is 29.9 Å². The number of hydrogen-bond donors (Lipinski definition) is 3. The Morgan fingerprint density at radius 2 is 1.44 bits per heavy atom. The fraction of sp³-hybridized carbons (Fsp3) is 0.242. The normalized spacial score (nSPS) is 17.1. The number of piperidine rings is 1. The molecule has 3 N–H and O–H groups in total. The van der Waals surface area contributed by atoms with E-state index >= 15 is 0 Å². The van der Waals surface area contributed by atoms with Gasteiger partial charge in [-0.05, 0) is 47.2 Å². The van der Waals surface area contributed by atoms with Crippen LogP contribution in [0.3, 0.4) is 0 Å². The standard InChI is InChI=1S/C33H35N3O2S/c37-33(35-23-30(26-14-6-2-7-15-26)27-16-8-3-9-17-27)28-20-29(22-34-21-28)36-39-32-19-11-10-18-31(32)38-24-25-12-4-1-5-13-25/h1-19,28-30,34,36H,20-24H2,(H,35,37)/t28-,29+/m0/s1. The average Bonchev–Trinajstić information content (AvgIpc) is 3.01. The molecule has 2 atom stereocenters. The zero-order valence-electron chi connectivity index (χ0n) is 22.0. The summed E-state index contributed by atoms with van der Waals surface area (Å²) >= 11 is 1.57. The van der Waals surface area contributed by atoms with Gasteiger partial charge in [0.1, 0.15) is 12.4 Å². The second kappa shape index (κ2) is 14.0. The van der Waals surface area contributed by atoms with Gasteiger partial charge in [0, 0.05) is 31.6 Å². The summed E-state index contributed by atoms with van der Waals surface area (Å²) in [5, 5.41) is 6.70. The van der Waals surface area contributed by atoms with Crippen molar-refractivity contribution in [3.8, 4) is 5.75 Å². The third-order valence-corrected chi connectivity index (χ3v) is 8.04. The second-order valence-corrected chi connectivity index (χ2v) is 10.7. The van der Waals surface area contributed by atoms with Crippen molar-refractivity contribution in [3.63, 3.8) is 0 Å². The maximum absolute atomic E-state index is 13.3. The number of nitrogens with one attached hydrogen (secondary N) is 3. The molecule has 1 heterocycles. The van der Waals surface area contributed by atoms with Gasteiger partial charge < -0.3 is 15.4 Å². The zero-order valence-corrected chi connectivity index (χ0v) is 22.8. The van der Waals surface area contributed by atoms with Gasteiger partial charge in [-0.2, -0.15) is 0 Å². The van der Waals surface area contributed by atoms with Gasteiger partial charge in [0.2, 0.25) is 5.91 Å². The monoisotopic (exact) mass is 537 g/mol. The van der Waals surface area contributed by atoms with E-state index in [2.05, 4.69) is 82.1 Å². The summed E-state index contributed by atoms with van der Waals surface area (Å²) in [7, 11) is 0. The van der Waals surface area contributed by atoms with E-state index in [0.29, 0.717) is 19.7 Å². The zero-order chi connectivity index (χ0) is 26.7. The van der Waals surface area contributed by atoms with Gasteiger partial charge in [0.25, 0.3) is 0 Å². The molecule has 0 aliphatic carbocycles. The molecule has 0 unspecified atom stereocenters. The molecule has 5 rings (SSSR count). The molecule has 1 aliphatic heterocycles. The van der Waals surface area contributed by atoms with Crippen molar-refractivity contribution in [1.82, 2.24) is 15.4 Å². The molecule has 0 aromatic heterocycles. The molecule has 0 radical (unpaired) electrons. The molecule has 1 amide bonds. The number of hydrogen-bond acceptors (Lipinski definition) is 5. The molecule has 0 bridgehead atoms. The first-order chi connectivity index (χ1) is 19.3. The third-order valence-electron chi connectivity index (χ3n) is 7.03. The van der Waals surface area contributed by atoms with Crippen LogP contribution in [0.25, 0.3) is 0 Å². The Kier molecular flexibility index (Phi) is 9.69. The molecule has 4 aromatic carbocycles. The lowest BCUT2D eigenvalue weighted by atomic mass is 9.90. The topological polar surface area (TPSA) is 62.4 Å². The number of ether oxygens (including phenoxy) is 1. The molecule has 5 nitrogen and oxygen atoms in total. The van der Waals surface area contributed by atoms with Crippen molar-refractivity contribution in [1.29, 1.82) is 0 Å². The molecular formula is C33H35N3O2S. The molecule has 0 spiro atoms. The van der Waals surface area contributed by atoms with Crippen LogP contribution in [0.15, 0.2) is 120 Å². The fourth-order valence-electron chi connectivity index (χ4n) is 4.91. The lowest BCUT2D eigenvalue weighted by molar-refractivity contribution is -0.125. The van der Waals surface area contributed by atoms with Gasteiger partial charge in [-0.15, -0.1) is 0 Å². The van der Waals surface area contributed by atoms with E-state index in [0.717, 1.165) is 29.2 Å². The molecule has 39 heavy (non-hydrogen) atoms. The van der Waals surface area contributed by atoms with Gasteiger partial charge in [-0.25, -0.2) is 0 Å². The highest BCUT2D eigenvalue weighted by Gasteiger charge is 2.28. The maximum Gasteiger partial charge on any atom is 0.224 e. The minimum Gasteiger partial charge on any atom is -0.488 e. The molecule has 1 fully saturated rings. The van der Waals surface area contributed by atoms with Crippen LogP contribution in [0.1, 0.15) is 29.0 Å². The van der Waals surface area contributed by atoms with Crippen LogP contribution in [0.5, 0.6) is 5.75 Å². The van der Waals surface area contributed by atoms with Crippen LogP contribution in [0.4, 0.5) is 0 Å². The average molecular weight is 538 g/mol. The summed E-state index contributed by atoms with van der Waals surface area (Å²) in [4.78, 5) is 14.3. The highest BCUT2D eigenvalue weighted by Crippen LogP contribution is 2.29. The Hall–Kier alpha value is -3.58. The molecule has 4 aromatic rings. The maximum atomic E-state index is 13.3. The number of carbonyl (C=O) groups is 1. The molecule has 0 saturated carbocycles. The highest BCUT2D eigenvalue weighted by atomic mass is 32.2. The first-order valence-corrected chi connectivity index (χ1v) is 14.3. The van der Waals surface area contributed by atoms with Gasteiger partial charge >= 0.3 is 0 Å². The number of amides is 1. The van der Waals surface area contributed by atoms with Gasteiger partial charge in [-0.1, -0.05) is 103 Å². The number of rotatable bonds is 11. The van der Waals surface area contributed by atoms with E-state index in [-0.39, 0.29) is 23.8 Å². The van der Waals surface area contributed by atoms with Crippen molar-refractivity contribution in [3.05, 3.63) is 132 Å². The van der Waals surface area contributed by atoms with Crippen LogP contribution in [0.2, 0.25) is 0 Å². The Balaban J connectivity index is 1.15. The van der Waals surface area contributed by atoms with Crippen molar-refractivity contribution < 1.29 is 9.53 Å². The summed E-state index contributed by atoms with van der Waals surface area (Å²) in [6.07, 6.45) is 0.778. The van der Waals surface area contributed by atoms with Crippen LogP contribution in [-0.2, 0) is 11.4 Å². The Labute approximate surface area is 235 Å². The van der Waals surface area contributed by atoms with E-state index in [1.807, 2.05) is 48.5 Å². The number of carbonyl (C=O) groups excluding carboxylic acids is 1. The van der Waals surface area contributed by atoms with E-state index in [1.165, 1.54) is 11.1 Å². The molecule has 200 valence electrons. The largest absolute Gasteiger partial charge is 0.488 e. The van der Waals surface area contributed by atoms with Crippen LogP contribution in [-0.4, -0.2) is 31.6 Å². The smallest absolute Gasteiger partial charge is 0.224 e. The summed E-state index contributed by atoms with van der Waals surface area (Å²) < 4.78 is 9.68. The van der Waals surface area contributed by atoms with E-state index in [9.17, 15) is 4.79 Å². The van der Waals surface area contributed by atoms with Crippen molar-refractivity contribution in [2.75, 3.05) is 19.6 Å². The molecule has 1 aliphatic rings. The summed E-state index contributed by atoms with van der Waals surface area (Å²) in [5.41, 5.74) is 3.54. The quantitative estimate of drug-likeness (QED) is 0.212. The summed E-state index contributed by atoms with van der Waals surface area (Å²) in [6, 6.07) is 39.2. The Bertz CT molecular complexity index is 1260. The van der Waals surface area contributed by atoms with E-state index in [1.54, 1.807) is 11.9 Å². The number of para-hydroxylation sites is 1. The lowest BCUT2D eigenvalue weighted by Crippen LogP contribution is -2.49. The van der Waals surface area contributed by atoms with Crippen molar-refractivity contribution >= 4 is 17.9 Å². The Morgan fingerprint density at radius 1 is 0.821 bits per heavy atom. The van der Waals surface area contributed by atoms with Crippen LogP contribution >= 0.6 is 11.9 Å². The predicted octanol–water partition coefficient (Wildman–Crippen LogP) is 5.79. The fourth-order valence-corrected chi connectivity index (χ4v) is 5.76. The number of benzene rings is 4. The molecular weight excluding hydrogens is 502 g/mol. The third kappa shape index (κ3) is 7.73. The lowest BCUT2D eigenvalue weighted by Gasteiger charge is -2.30. The SMILES string of the molecule is O=C(NCC(c1ccccc1)c1ccccc1)[C@@H]1CNC[C@H](NSc2ccccc2OCc2ccccc2)C1. The second-order valence-electron chi connectivity index (χ2n) is 9.85. The summed E-state index contributed by atoms with van der Waals surface area (Å²) in [6.45, 7) is 2.61. The van der Waals surface area contributed by atoms with Gasteiger partial charge in [0.15, 0.2) is 0 Å². The first-order valence-electron chi connectivity index (χ1n) is 13.5. The van der Waals surface area contributed by atoms with Gasteiger partial charge in [0.05, 0.1) is 10.8 Å². The first kappa shape index (κ1) is 27.0. The minimum atomic E-state index is -0.0892. The summed E-state index contributed by atoms with van der Waals surface area (Å²) in [5.74, 6) is 0.977. The van der Waals surface area contributed by atoms with E-state index in [4.69, 9.17) is 4.74 Å². The van der Waals surface area contributed by atoms with Crippen LogP contribution in [0, 0.1) is 5.92 Å². The predicted molar refractivity (Wildman–Crippen MR) is 159 cm³/mol. The molecule has 1 saturated heterocycles. The van der Waals surface area contributed by atoms with Crippen molar-refractivity contribution in [2.24, 2.45) is 5.92 Å². The van der Waals surface area contributed by atoms with Crippen LogP contribution < -0.4 is 20.1 Å². The van der Waals surface area contributed by atoms with Gasteiger partial charge in [-0.3, -0.25) is 9.52 Å². The van der Waals surface area contributed by atoms with E-state index < -0.39 is 0 Å².